The zero-order valence-corrected chi connectivity index (χ0v) is 11.7. The smallest absolute Gasteiger partial charge is 0.130 e. The van der Waals surface area contributed by atoms with Gasteiger partial charge in [-0.25, -0.2) is 4.98 Å². The standard InChI is InChI=1S/C15H20N2O/c1-15(2,3)12-9-10-8-11(18-5)6-7-13(10)17-14(12)16-4/h6-9H,1-5H3,(H,16,17). The van der Waals surface area contributed by atoms with E-state index in [1.54, 1.807) is 7.11 Å². The summed E-state index contributed by atoms with van der Waals surface area (Å²) in [6.07, 6.45) is 0. The van der Waals surface area contributed by atoms with Gasteiger partial charge in [0.25, 0.3) is 0 Å². The van der Waals surface area contributed by atoms with Crippen LogP contribution >= 0.6 is 0 Å². The fraction of sp³-hybridized carbons (Fsp3) is 0.400. The number of methoxy groups -OCH3 is 1. The Labute approximate surface area is 108 Å². The van der Waals surface area contributed by atoms with Crippen LogP contribution in [0, 0.1) is 0 Å². The van der Waals surface area contributed by atoms with Crippen LogP contribution in [0.2, 0.25) is 0 Å². The first-order valence-electron chi connectivity index (χ1n) is 6.12. The molecule has 3 heteroatoms. The number of hydrogen-bond donors (Lipinski definition) is 1. The molecule has 0 aliphatic rings. The van der Waals surface area contributed by atoms with Crippen LogP contribution in [0.3, 0.4) is 0 Å². The summed E-state index contributed by atoms with van der Waals surface area (Å²) in [5.41, 5.74) is 2.25. The highest BCUT2D eigenvalue weighted by atomic mass is 16.5. The quantitative estimate of drug-likeness (QED) is 0.876. The minimum Gasteiger partial charge on any atom is -0.497 e. The van der Waals surface area contributed by atoms with Gasteiger partial charge in [0.1, 0.15) is 11.6 Å². The number of rotatable bonds is 2. The molecule has 0 unspecified atom stereocenters. The zero-order chi connectivity index (χ0) is 13.3. The number of pyridine rings is 1. The Morgan fingerprint density at radius 3 is 2.44 bits per heavy atom. The third-order valence-corrected chi connectivity index (χ3v) is 3.07. The molecule has 0 spiro atoms. The Hall–Kier alpha value is -1.77. The molecule has 2 aromatic rings. The van der Waals surface area contributed by atoms with E-state index < -0.39 is 0 Å². The number of aromatic nitrogens is 1. The van der Waals surface area contributed by atoms with Crippen LogP contribution in [0.25, 0.3) is 10.9 Å². The second-order valence-electron chi connectivity index (χ2n) is 5.44. The lowest BCUT2D eigenvalue weighted by Crippen LogP contribution is -2.15. The van der Waals surface area contributed by atoms with Crippen LogP contribution in [-0.4, -0.2) is 19.1 Å². The van der Waals surface area contributed by atoms with E-state index in [1.807, 2.05) is 25.2 Å². The molecule has 96 valence electrons. The molecule has 1 aromatic carbocycles. The molecule has 1 aromatic heterocycles. The lowest BCUT2D eigenvalue weighted by Gasteiger charge is -2.22. The summed E-state index contributed by atoms with van der Waals surface area (Å²) in [4.78, 5) is 4.67. The van der Waals surface area contributed by atoms with Crippen molar-refractivity contribution in [1.29, 1.82) is 0 Å². The lowest BCUT2D eigenvalue weighted by molar-refractivity contribution is 0.415. The van der Waals surface area contributed by atoms with Gasteiger partial charge in [-0.3, -0.25) is 0 Å². The van der Waals surface area contributed by atoms with Gasteiger partial charge in [-0.1, -0.05) is 20.8 Å². The van der Waals surface area contributed by atoms with Crippen LogP contribution in [0.5, 0.6) is 5.75 Å². The maximum atomic E-state index is 5.26. The third-order valence-electron chi connectivity index (χ3n) is 3.07. The number of ether oxygens (including phenoxy) is 1. The van der Waals surface area contributed by atoms with Gasteiger partial charge in [0, 0.05) is 18.0 Å². The number of benzene rings is 1. The molecule has 0 radical (unpaired) electrons. The van der Waals surface area contributed by atoms with E-state index in [0.717, 1.165) is 22.5 Å². The number of fused-ring (bicyclic) bond motifs is 1. The molecule has 18 heavy (non-hydrogen) atoms. The fourth-order valence-electron chi connectivity index (χ4n) is 2.04. The lowest BCUT2D eigenvalue weighted by atomic mass is 9.86. The predicted octanol–water partition coefficient (Wildman–Crippen LogP) is 3.58. The summed E-state index contributed by atoms with van der Waals surface area (Å²) in [6, 6.07) is 8.14. The zero-order valence-electron chi connectivity index (χ0n) is 11.7. The van der Waals surface area contributed by atoms with Gasteiger partial charge >= 0.3 is 0 Å². The number of nitrogens with one attached hydrogen (secondary N) is 1. The molecule has 0 saturated carbocycles. The number of nitrogens with zero attached hydrogens (tertiary/aromatic N) is 1. The first-order valence-corrected chi connectivity index (χ1v) is 6.12. The van der Waals surface area contributed by atoms with E-state index in [4.69, 9.17) is 4.74 Å². The van der Waals surface area contributed by atoms with Crippen LogP contribution in [0.15, 0.2) is 24.3 Å². The van der Waals surface area contributed by atoms with Crippen molar-refractivity contribution >= 4 is 16.7 Å². The van der Waals surface area contributed by atoms with Gasteiger partial charge < -0.3 is 10.1 Å². The molecule has 0 amide bonds. The molecule has 1 heterocycles. The van der Waals surface area contributed by atoms with Gasteiger partial charge in [0.2, 0.25) is 0 Å². The van der Waals surface area contributed by atoms with Gasteiger partial charge in [-0.2, -0.15) is 0 Å². The minimum atomic E-state index is 0.0581. The Kier molecular flexibility index (Phi) is 3.16. The topological polar surface area (TPSA) is 34.2 Å². The van der Waals surface area contributed by atoms with Crippen molar-refractivity contribution in [3.63, 3.8) is 0 Å². The minimum absolute atomic E-state index is 0.0581. The normalized spacial score (nSPS) is 11.6. The molecule has 0 fully saturated rings. The second kappa shape index (κ2) is 4.48. The van der Waals surface area contributed by atoms with E-state index in [2.05, 4.69) is 37.1 Å². The Morgan fingerprint density at radius 1 is 1.17 bits per heavy atom. The van der Waals surface area contributed by atoms with E-state index >= 15 is 0 Å². The van der Waals surface area contributed by atoms with Crippen LogP contribution in [-0.2, 0) is 5.41 Å². The molecule has 0 atom stereocenters. The van der Waals surface area contributed by atoms with Gasteiger partial charge in [-0.15, -0.1) is 0 Å². The molecule has 0 aliphatic heterocycles. The molecule has 1 N–H and O–H groups in total. The molecule has 2 rings (SSSR count). The van der Waals surface area contributed by atoms with E-state index in [1.165, 1.54) is 5.56 Å². The monoisotopic (exact) mass is 244 g/mol. The summed E-state index contributed by atoms with van der Waals surface area (Å²) >= 11 is 0. The van der Waals surface area contributed by atoms with Crippen molar-refractivity contribution in [3.05, 3.63) is 29.8 Å². The number of hydrogen-bond acceptors (Lipinski definition) is 3. The van der Waals surface area contributed by atoms with Crippen molar-refractivity contribution in [2.75, 3.05) is 19.5 Å². The second-order valence-corrected chi connectivity index (χ2v) is 5.44. The first kappa shape index (κ1) is 12.7. The summed E-state index contributed by atoms with van der Waals surface area (Å²) in [5.74, 6) is 1.81. The van der Waals surface area contributed by atoms with E-state index in [9.17, 15) is 0 Å². The highest BCUT2D eigenvalue weighted by Gasteiger charge is 2.19. The average Bonchev–Trinajstić information content (AvgIpc) is 2.35. The Balaban J connectivity index is 2.70. The summed E-state index contributed by atoms with van der Waals surface area (Å²) in [5, 5.41) is 4.29. The highest BCUT2D eigenvalue weighted by molar-refractivity contribution is 5.83. The average molecular weight is 244 g/mol. The van der Waals surface area contributed by atoms with Crippen LogP contribution < -0.4 is 10.1 Å². The maximum Gasteiger partial charge on any atom is 0.130 e. The Morgan fingerprint density at radius 2 is 1.89 bits per heavy atom. The van der Waals surface area contributed by atoms with Gasteiger partial charge in [0.15, 0.2) is 0 Å². The van der Waals surface area contributed by atoms with Gasteiger partial charge in [0.05, 0.1) is 12.6 Å². The number of anilines is 1. The molecule has 0 bridgehead atoms. The fourth-order valence-corrected chi connectivity index (χ4v) is 2.04. The van der Waals surface area contributed by atoms with Crippen molar-refractivity contribution in [2.24, 2.45) is 0 Å². The molecule has 0 aliphatic carbocycles. The summed E-state index contributed by atoms with van der Waals surface area (Å²) in [7, 11) is 3.59. The summed E-state index contributed by atoms with van der Waals surface area (Å²) < 4.78 is 5.26. The molecule has 3 nitrogen and oxygen atoms in total. The highest BCUT2D eigenvalue weighted by Crippen LogP contribution is 2.32. The van der Waals surface area contributed by atoms with Crippen LogP contribution in [0.4, 0.5) is 5.82 Å². The summed E-state index contributed by atoms with van der Waals surface area (Å²) in [6.45, 7) is 6.57. The van der Waals surface area contributed by atoms with E-state index in [0.29, 0.717) is 0 Å². The van der Waals surface area contributed by atoms with Crippen molar-refractivity contribution < 1.29 is 4.74 Å². The molecule has 0 saturated heterocycles. The SMILES string of the molecule is CNc1nc2ccc(OC)cc2cc1C(C)(C)C. The predicted molar refractivity (Wildman–Crippen MR) is 76.5 cm³/mol. The van der Waals surface area contributed by atoms with Crippen molar-refractivity contribution in [1.82, 2.24) is 4.98 Å². The molecular formula is C15H20N2O. The maximum absolute atomic E-state index is 5.26. The molecular weight excluding hydrogens is 224 g/mol. The largest absolute Gasteiger partial charge is 0.497 e. The van der Waals surface area contributed by atoms with E-state index in [-0.39, 0.29) is 5.41 Å². The third kappa shape index (κ3) is 2.26. The van der Waals surface area contributed by atoms with Crippen LogP contribution in [0.1, 0.15) is 26.3 Å². The van der Waals surface area contributed by atoms with Crippen molar-refractivity contribution in [2.45, 2.75) is 26.2 Å². The van der Waals surface area contributed by atoms with Crippen molar-refractivity contribution in [3.8, 4) is 5.75 Å². The first-order chi connectivity index (χ1) is 8.45. The Bertz CT molecular complexity index is 570. The van der Waals surface area contributed by atoms with Gasteiger partial charge in [-0.05, 0) is 29.7 Å².